The molecule has 0 saturated carbocycles. The Bertz CT molecular complexity index is 249. The van der Waals surface area contributed by atoms with Crippen LogP contribution < -0.4 is 16.0 Å². The molecule has 1 amide bonds. The van der Waals surface area contributed by atoms with Crippen molar-refractivity contribution in [1.82, 2.24) is 16.0 Å². The van der Waals surface area contributed by atoms with E-state index in [0.717, 1.165) is 19.5 Å². The number of nitrogens with one attached hydrogen (secondary N) is 3. The molecule has 0 aromatic heterocycles. The van der Waals surface area contributed by atoms with E-state index in [1.54, 1.807) is 0 Å². The van der Waals surface area contributed by atoms with Crippen LogP contribution >= 0.6 is 0 Å². The van der Waals surface area contributed by atoms with Crippen LogP contribution in [0.5, 0.6) is 0 Å². The molecule has 0 radical (unpaired) electrons. The molecular weight excluding hydrogens is 223 g/mol. The molecule has 1 aliphatic heterocycles. The Kier molecular flexibility index (Phi) is 4.15. The first kappa shape index (κ1) is 13.2. The van der Waals surface area contributed by atoms with Crippen molar-refractivity contribution in [2.45, 2.75) is 25.1 Å². The highest BCUT2D eigenvalue weighted by Gasteiger charge is 2.30. The Morgan fingerprint density at radius 3 is 2.69 bits per heavy atom. The Hall–Kier alpha value is -0.820. The molecule has 7 heteroatoms. The zero-order chi connectivity index (χ0) is 12.2. The third-order valence-electron chi connectivity index (χ3n) is 2.53. The third kappa shape index (κ3) is 4.80. The number of halogens is 3. The zero-order valence-electron chi connectivity index (χ0n) is 9.08. The molecule has 0 aliphatic carbocycles. The lowest BCUT2D eigenvalue weighted by Gasteiger charge is -2.24. The highest BCUT2D eigenvalue weighted by atomic mass is 19.4. The standard InChI is InChI=1S/C9H16F3N3O/c1-8(2-3-13-5-8)15-4-7(16)14-6-9(10,11)12/h13,15H,2-6H2,1H3,(H,14,16). The Labute approximate surface area is 92.0 Å². The Morgan fingerprint density at radius 2 is 2.19 bits per heavy atom. The topological polar surface area (TPSA) is 53.2 Å². The molecule has 4 nitrogen and oxygen atoms in total. The molecule has 16 heavy (non-hydrogen) atoms. The van der Waals surface area contributed by atoms with Crippen molar-refractivity contribution in [2.75, 3.05) is 26.2 Å². The summed E-state index contributed by atoms with van der Waals surface area (Å²) in [5.41, 5.74) is -0.199. The number of hydrogen-bond acceptors (Lipinski definition) is 3. The summed E-state index contributed by atoms with van der Waals surface area (Å²) in [6.07, 6.45) is -3.49. The van der Waals surface area contributed by atoms with Crippen LogP contribution in [-0.2, 0) is 4.79 Å². The molecule has 1 heterocycles. The molecule has 1 saturated heterocycles. The Balaban J connectivity index is 2.20. The summed E-state index contributed by atoms with van der Waals surface area (Å²) in [4.78, 5) is 11.1. The summed E-state index contributed by atoms with van der Waals surface area (Å²) >= 11 is 0. The van der Waals surface area contributed by atoms with Crippen molar-refractivity contribution in [3.8, 4) is 0 Å². The molecule has 1 aliphatic rings. The highest BCUT2D eigenvalue weighted by Crippen LogP contribution is 2.13. The van der Waals surface area contributed by atoms with Crippen molar-refractivity contribution in [1.29, 1.82) is 0 Å². The maximum Gasteiger partial charge on any atom is 0.405 e. The lowest BCUT2D eigenvalue weighted by atomic mass is 10.0. The average molecular weight is 239 g/mol. The van der Waals surface area contributed by atoms with Crippen LogP contribution in [0.1, 0.15) is 13.3 Å². The summed E-state index contributed by atoms with van der Waals surface area (Å²) in [5, 5.41) is 7.89. The molecule has 0 bridgehead atoms. The number of hydrogen-bond donors (Lipinski definition) is 3. The summed E-state index contributed by atoms with van der Waals surface area (Å²) in [6.45, 7) is 2.15. The second kappa shape index (κ2) is 5.01. The lowest BCUT2D eigenvalue weighted by molar-refractivity contribution is -0.138. The van der Waals surface area contributed by atoms with Crippen LogP contribution in [0.15, 0.2) is 0 Å². The van der Waals surface area contributed by atoms with Gasteiger partial charge in [0.1, 0.15) is 6.54 Å². The molecule has 1 unspecified atom stereocenters. The van der Waals surface area contributed by atoms with E-state index in [1.165, 1.54) is 0 Å². The van der Waals surface area contributed by atoms with Gasteiger partial charge in [0.15, 0.2) is 0 Å². The van der Waals surface area contributed by atoms with E-state index in [0.29, 0.717) is 0 Å². The molecular formula is C9H16F3N3O. The first-order valence-electron chi connectivity index (χ1n) is 5.10. The molecule has 1 rings (SSSR count). The van der Waals surface area contributed by atoms with Crippen molar-refractivity contribution in [3.63, 3.8) is 0 Å². The van der Waals surface area contributed by atoms with Crippen LogP contribution in [0.3, 0.4) is 0 Å². The minimum absolute atomic E-state index is 0.0890. The smallest absolute Gasteiger partial charge is 0.346 e. The molecule has 0 aromatic carbocycles. The largest absolute Gasteiger partial charge is 0.405 e. The number of rotatable bonds is 4. The molecule has 1 fully saturated rings. The number of amides is 1. The maximum atomic E-state index is 11.8. The van der Waals surface area contributed by atoms with Gasteiger partial charge in [-0.1, -0.05) is 0 Å². The molecule has 0 aromatic rings. The third-order valence-corrected chi connectivity index (χ3v) is 2.53. The quantitative estimate of drug-likeness (QED) is 0.647. The monoisotopic (exact) mass is 239 g/mol. The van der Waals surface area contributed by atoms with Crippen LogP contribution in [0.2, 0.25) is 0 Å². The highest BCUT2D eigenvalue weighted by molar-refractivity contribution is 5.78. The maximum absolute atomic E-state index is 11.8. The minimum Gasteiger partial charge on any atom is -0.346 e. The molecule has 0 spiro atoms. The van der Waals surface area contributed by atoms with Gasteiger partial charge in [-0.3, -0.25) is 4.79 Å². The van der Waals surface area contributed by atoms with Crippen molar-refractivity contribution in [2.24, 2.45) is 0 Å². The normalized spacial score (nSPS) is 25.8. The lowest BCUT2D eigenvalue weighted by Crippen LogP contribution is -2.49. The van der Waals surface area contributed by atoms with Gasteiger partial charge in [0.05, 0.1) is 6.54 Å². The second-order valence-electron chi connectivity index (χ2n) is 4.23. The summed E-state index contributed by atoms with van der Waals surface area (Å²) in [6, 6.07) is 0. The summed E-state index contributed by atoms with van der Waals surface area (Å²) < 4.78 is 35.4. The summed E-state index contributed by atoms with van der Waals surface area (Å²) in [5.74, 6) is -0.634. The fourth-order valence-electron chi connectivity index (χ4n) is 1.52. The van der Waals surface area contributed by atoms with Gasteiger partial charge in [0, 0.05) is 12.1 Å². The van der Waals surface area contributed by atoms with Gasteiger partial charge in [-0.05, 0) is 19.9 Å². The van der Waals surface area contributed by atoms with Gasteiger partial charge in [0.25, 0.3) is 0 Å². The average Bonchev–Trinajstić information content (AvgIpc) is 2.59. The van der Waals surface area contributed by atoms with Crippen molar-refractivity contribution < 1.29 is 18.0 Å². The van der Waals surface area contributed by atoms with Crippen LogP contribution in [0.4, 0.5) is 13.2 Å². The van der Waals surface area contributed by atoms with Crippen LogP contribution in [-0.4, -0.2) is 43.8 Å². The zero-order valence-corrected chi connectivity index (χ0v) is 9.08. The number of carbonyl (C=O) groups excluding carboxylic acids is 1. The number of alkyl halides is 3. The predicted molar refractivity (Wildman–Crippen MR) is 53.0 cm³/mol. The second-order valence-corrected chi connectivity index (χ2v) is 4.23. The molecule has 94 valence electrons. The van der Waals surface area contributed by atoms with Crippen LogP contribution in [0.25, 0.3) is 0 Å². The van der Waals surface area contributed by atoms with Gasteiger partial charge < -0.3 is 16.0 Å². The van der Waals surface area contributed by atoms with E-state index in [4.69, 9.17) is 0 Å². The van der Waals surface area contributed by atoms with Gasteiger partial charge in [-0.2, -0.15) is 13.2 Å². The van der Waals surface area contributed by atoms with E-state index in [2.05, 4.69) is 10.6 Å². The fourth-order valence-corrected chi connectivity index (χ4v) is 1.52. The minimum atomic E-state index is -4.35. The first-order chi connectivity index (χ1) is 7.31. The van der Waals surface area contributed by atoms with E-state index >= 15 is 0 Å². The number of carbonyl (C=O) groups is 1. The summed E-state index contributed by atoms with van der Waals surface area (Å²) in [7, 11) is 0. The van der Waals surface area contributed by atoms with Crippen molar-refractivity contribution in [3.05, 3.63) is 0 Å². The van der Waals surface area contributed by atoms with E-state index in [1.807, 2.05) is 12.2 Å². The van der Waals surface area contributed by atoms with Gasteiger partial charge in [0.2, 0.25) is 5.91 Å². The van der Waals surface area contributed by atoms with Gasteiger partial charge in [-0.25, -0.2) is 0 Å². The van der Waals surface area contributed by atoms with Crippen molar-refractivity contribution >= 4 is 5.91 Å². The molecule has 1 atom stereocenters. The molecule has 3 N–H and O–H groups in total. The Morgan fingerprint density at radius 1 is 1.50 bits per heavy atom. The van der Waals surface area contributed by atoms with Gasteiger partial charge >= 0.3 is 6.18 Å². The van der Waals surface area contributed by atoms with Gasteiger partial charge in [-0.15, -0.1) is 0 Å². The fraction of sp³-hybridized carbons (Fsp3) is 0.889. The SMILES string of the molecule is CC1(NCC(=O)NCC(F)(F)F)CCNC1. The van der Waals surface area contributed by atoms with E-state index in [-0.39, 0.29) is 12.1 Å². The van der Waals surface area contributed by atoms with E-state index < -0.39 is 18.6 Å². The van der Waals surface area contributed by atoms with E-state index in [9.17, 15) is 18.0 Å². The first-order valence-corrected chi connectivity index (χ1v) is 5.10. The van der Waals surface area contributed by atoms with Crippen LogP contribution in [0, 0.1) is 0 Å². The predicted octanol–water partition coefficient (Wildman–Crippen LogP) is 0.00650.